The highest BCUT2D eigenvalue weighted by Crippen LogP contribution is 2.31. The Bertz CT molecular complexity index is 813. The van der Waals surface area contributed by atoms with Crippen molar-refractivity contribution in [2.75, 3.05) is 26.9 Å². The average molecular weight is 405 g/mol. The minimum absolute atomic E-state index is 0.330. The van der Waals surface area contributed by atoms with E-state index in [0.717, 1.165) is 5.56 Å². The van der Waals surface area contributed by atoms with Gasteiger partial charge < -0.3 is 20.5 Å². The summed E-state index contributed by atoms with van der Waals surface area (Å²) in [6, 6.07) is 7.28. The van der Waals surface area contributed by atoms with Crippen molar-refractivity contribution in [2.24, 2.45) is 11.1 Å². The molecule has 0 saturated carbocycles. The molecule has 3 N–H and O–H groups in total. The van der Waals surface area contributed by atoms with Crippen LogP contribution in [0, 0.1) is 5.41 Å². The third-order valence-electron chi connectivity index (χ3n) is 4.58. The Hall–Kier alpha value is -2.52. The van der Waals surface area contributed by atoms with E-state index in [4.69, 9.17) is 15.2 Å². The monoisotopic (exact) mass is 404 g/mol. The minimum atomic E-state index is -0.746. The Labute approximate surface area is 171 Å². The van der Waals surface area contributed by atoms with Gasteiger partial charge in [0.25, 0.3) is 0 Å². The molecule has 29 heavy (non-hydrogen) atoms. The van der Waals surface area contributed by atoms with Crippen LogP contribution in [0.4, 0.5) is 0 Å². The lowest BCUT2D eigenvalue weighted by Crippen LogP contribution is -2.43. The summed E-state index contributed by atoms with van der Waals surface area (Å²) in [7, 11) is 1.63. The van der Waals surface area contributed by atoms with Crippen molar-refractivity contribution in [3.05, 3.63) is 35.7 Å². The van der Waals surface area contributed by atoms with Crippen molar-refractivity contribution < 1.29 is 14.3 Å². The second-order valence-electron chi connectivity index (χ2n) is 8.56. The number of aromatic nitrogens is 4. The summed E-state index contributed by atoms with van der Waals surface area (Å²) < 4.78 is 12.8. The molecule has 0 bridgehead atoms. The van der Waals surface area contributed by atoms with Gasteiger partial charge in [-0.05, 0) is 51.1 Å². The number of methoxy groups -OCH3 is 1. The second kappa shape index (κ2) is 9.32. The molecule has 0 radical (unpaired) electrons. The quantitative estimate of drug-likeness (QED) is 0.578. The van der Waals surface area contributed by atoms with E-state index in [1.807, 2.05) is 45.0 Å². The van der Waals surface area contributed by atoms with Crippen LogP contribution >= 0.6 is 0 Å². The molecular formula is C20H32N6O3. The van der Waals surface area contributed by atoms with Crippen LogP contribution in [0.5, 0.6) is 5.75 Å². The maximum atomic E-state index is 11.8. The first-order valence-corrected chi connectivity index (χ1v) is 9.60. The summed E-state index contributed by atoms with van der Waals surface area (Å²) >= 11 is 0. The zero-order valence-corrected chi connectivity index (χ0v) is 18.1. The lowest BCUT2D eigenvalue weighted by atomic mass is 9.91. The van der Waals surface area contributed by atoms with Gasteiger partial charge in [-0.25, -0.2) is 4.68 Å². The number of nitrogens with zero attached hydrogens (tertiary/aromatic N) is 4. The molecule has 0 aliphatic rings. The molecule has 1 aromatic heterocycles. The first kappa shape index (κ1) is 22.8. The Morgan fingerprint density at radius 2 is 1.90 bits per heavy atom. The molecule has 0 aliphatic carbocycles. The highest BCUT2D eigenvalue weighted by molar-refractivity contribution is 5.80. The topological polar surface area (TPSA) is 117 Å². The molecule has 160 valence electrons. The van der Waals surface area contributed by atoms with Crippen molar-refractivity contribution in [3.63, 3.8) is 0 Å². The van der Waals surface area contributed by atoms with E-state index in [2.05, 4.69) is 20.8 Å². The van der Waals surface area contributed by atoms with Gasteiger partial charge in [0.1, 0.15) is 12.4 Å². The van der Waals surface area contributed by atoms with Gasteiger partial charge >= 0.3 is 0 Å². The SMILES string of the molecule is COCCOc1ccccc1C(NCC(C)(C)C(N)=O)c1nnnn1C(C)(C)C. The second-order valence-corrected chi connectivity index (χ2v) is 8.56. The Kier molecular flexibility index (Phi) is 7.32. The van der Waals surface area contributed by atoms with Gasteiger partial charge in [0, 0.05) is 19.2 Å². The summed E-state index contributed by atoms with van der Waals surface area (Å²) in [4.78, 5) is 11.8. The van der Waals surface area contributed by atoms with Crippen LogP contribution in [0.2, 0.25) is 0 Å². The Balaban J connectivity index is 2.47. The fourth-order valence-corrected chi connectivity index (χ4v) is 2.72. The Morgan fingerprint density at radius 3 is 2.52 bits per heavy atom. The standard InChI is InChI=1S/C20H32N6O3/c1-19(2,3)26-17(23-24-25-26)16(22-13-20(4,5)18(21)27)14-9-7-8-10-15(14)29-12-11-28-6/h7-10,16,22H,11-13H2,1-6H3,(H2,21,27). The van der Waals surface area contributed by atoms with E-state index < -0.39 is 11.5 Å². The number of ether oxygens (including phenoxy) is 2. The number of nitrogens with one attached hydrogen (secondary N) is 1. The molecule has 1 amide bonds. The molecule has 0 fully saturated rings. The number of para-hydroxylation sites is 1. The van der Waals surface area contributed by atoms with Gasteiger partial charge in [-0.2, -0.15) is 0 Å². The smallest absolute Gasteiger partial charge is 0.224 e. The van der Waals surface area contributed by atoms with E-state index in [1.165, 1.54) is 0 Å². The number of carbonyl (C=O) groups excluding carboxylic acids is 1. The number of primary amides is 1. The highest BCUT2D eigenvalue weighted by Gasteiger charge is 2.32. The largest absolute Gasteiger partial charge is 0.491 e. The first-order valence-electron chi connectivity index (χ1n) is 9.60. The van der Waals surface area contributed by atoms with Crippen molar-refractivity contribution in [3.8, 4) is 5.75 Å². The fraction of sp³-hybridized carbons (Fsp3) is 0.600. The zero-order valence-electron chi connectivity index (χ0n) is 18.1. The number of hydrogen-bond acceptors (Lipinski definition) is 7. The molecule has 0 saturated heterocycles. The number of nitrogens with two attached hydrogens (primary N) is 1. The van der Waals surface area contributed by atoms with Crippen molar-refractivity contribution in [1.29, 1.82) is 0 Å². The van der Waals surface area contributed by atoms with E-state index in [0.29, 0.717) is 31.3 Å². The molecule has 2 rings (SSSR count). The number of carbonyl (C=O) groups is 1. The third-order valence-corrected chi connectivity index (χ3v) is 4.58. The molecule has 1 unspecified atom stereocenters. The lowest BCUT2D eigenvalue weighted by Gasteiger charge is -2.29. The molecule has 1 heterocycles. The normalized spacial score (nSPS) is 13.3. The zero-order chi connectivity index (χ0) is 21.7. The van der Waals surface area contributed by atoms with Gasteiger partial charge in [-0.3, -0.25) is 4.79 Å². The average Bonchev–Trinajstić information content (AvgIpc) is 3.13. The summed E-state index contributed by atoms with van der Waals surface area (Å²) in [6.07, 6.45) is 0. The molecular weight excluding hydrogens is 372 g/mol. The van der Waals surface area contributed by atoms with E-state index in [9.17, 15) is 4.79 Å². The van der Waals surface area contributed by atoms with E-state index in [1.54, 1.807) is 25.6 Å². The number of tetrazole rings is 1. The number of benzene rings is 1. The van der Waals surface area contributed by atoms with Crippen LogP contribution in [-0.4, -0.2) is 53.0 Å². The molecule has 9 nitrogen and oxygen atoms in total. The van der Waals surface area contributed by atoms with Gasteiger partial charge in [0.15, 0.2) is 5.82 Å². The molecule has 1 atom stereocenters. The van der Waals surface area contributed by atoms with Crippen LogP contribution < -0.4 is 15.8 Å². The number of hydrogen-bond donors (Lipinski definition) is 2. The minimum Gasteiger partial charge on any atom is -0.491 e. The van der Waals surface area contributed by atoms with Crippen LogP contribution in [0.25, 0.3) is 0 Å². The predicted molar refractivity (Wildman–Crippen MR) is 109 cm³/mol. The van der Waals surface area contributed by atoms with Gasteiger partial charge in [-0.1, -0.05) is 18.2 Å². The highest BCUT2D eigenvalue weighted by atomic mass is 16.5. The van der Waals surface area contributed by atoms with Crippen LogP contribution in [0.3, 0.4) is 0 Å². The molecule has 0 spiro atoms. The van der Waals surface area contributed by atoms with Crippen molar-refractivity contribution in [1.82, 2.24) is 25.5 Å². The van der Waals surface area contributed by atoms with Crippen LogP contribution in [0.1, 0.15) is 52.0 Å². The van der Waals surface area contributed by atoms with Gasteiger partial charge in [0.05, 0.1) is 23.6 Å². The molecule has 0 aliphatic heterocycles. The third kappa shape index (κ3) is 5.74. The maximum Gasteiger partial charge on any atom is 0.224 e. The Morgan fingerprint density at radius 1 is 1.21 bits per heavy atom. The van der Waals surface area contributed by atoms with Gasteiger partial charge in [-0.15, -0.1) is 5.10 Å². The predicted octanol–water partition coefficient (Wildman–Crippen LogP) is 1.64. The summed E-state index contributed by atoms with van der Waals surface area (Å²) in [5.74, 6) is 0.937. The molecule has 1 aromatic carbocycles. The van der Waals surface area contributed by atoms with E-state index >= 15 is 0 Å². The summed E-state index contributed by atoms with van der Waals surface area (Å²) in [5.41, 5.74) is 5.35. The van der Waals surface area contributed by atoms with Crippen molar-refractivity contribution in [2.45, 2.75) is 46.2 Å². The number of rotatable bonds is 10. The molecule has 2 aromatic rings. The lowest BCUT2D eigenvalue weighted by molar-refractivity contribution is -0.125. The van der Waals surface area contributed by atoms with Crippen molar-refractivity contribution >= 4 is 5.91 Å². The number of amides is 1. The maximum absolute atomic E-state index is 11.8. The van der Waals surface area contributed by atoms with E-state index in [-0.39, 0.29) is 11.4 Å². The first-order chi connectivity index (χ1) is 13.6. The van der Waals surface area contributed by atoms with Crippen LogP contribution in [0.15, 0.2) is 24.3 Å². The molecule has 9 heteroatoms. The van der Waals surface area contributed by atoms with Gasteiger partial charge in [0.2, 0.25) is 5.91 Å². The summed E-state index contributed by atoms with van der Waals surface area (Å²) in [5, 5.41) is 15.8. The summed E-state index contributed by atoms with van der Waals surface area (Å²) in [6.45, 7) is 10.9. The fourth-order valence-electron chi connectivity index (χ4n) is 2.72. The van der Waals surface area contributed by atoms with Crippen LogP contribution in [-0.2, 0) is 15.1 Å².